The topological polar surface area (TPSA) is 55.5 Å². The Bertz CT molecular complexity index is 276. The molecule has 0 heterocycles. The fourth-order valence-electron chi connectivity index (χ4n) is 1.19. The number of para-hydroxylation sites is 1. The highest BCUT2D eigenvalue weighted by molar-refractivity contribution is 5.33. The minimum absolute atomic E-state index is 0.230. The Morgan fingerprint density at radius 1 is 1.43 bits per heavy atom. The highest BCUT2D eigenvalue weighted by Gasteiger charge is 2.04. The lowest BCUT2D eigenvalue weighted by atomic mass is 10.1. The second kappa shape index (κ2) is 5.62. The smallest absolute Gasteiger partial charge is 0.122 e. The minimum Gasteiger partial charge on any atom is -0.491 e. The van der Waals surface area contributed by atoms with E-state index in [4.69, 9.17) is 10.5 Å². The van der Waals surface area contributed by atoms with E-state index in [9.17, 15) is 5.11 Å². The number of rotatable bonds is 5. The average Bonchev–Trinajstić information content (AvgIpc) is 2.26. The molecule has 1 aromatic carbocycles. The van der Waals surface area contributed by atoms with E-state index in [1.165, 1.54) is 0 Å². The fourth-order valence-corrected chi connectivity index (χ4v) is 1.19. The van der Waals surface area contributed by atoms with Crippen LogP contribution >= 0.6 is 0 Å². The number of benzene rings is 1. The van der Waals surface area contributed by atoms with E-state index in [1.807, 2.05) is 24.3 Å². The van der Waals surface area contributed by atoms with Crippen LogP contribution in [0.25, 0.3) is 0 Å². The predicted octanol–water partition coefficient (Wildman–Crippen LogP) is 0.947. The van der Waals surface area contributed by atoms with Gasteiger partial charge >= 0.3 is 0 Å². The maximum Gasteiger partial charge on any atom is 0.122 e. The van der Waals surface area contributed by atoms with Crippen molar-refractivity contribution in [2.75, 3.05) is 13.2 Å². The molecule has 0 unspecified atom stereocenters. The molecule has 1 atom stereocenters. The van der Waals surface area contributed by atoms with Gasteiger partial charge in [0, 0.05) is 6.54 Å². The number of aliphatic hydroxyl groups excluding tert-OH is 1. The molecule has 3 N–H and O–H groups in total. The van der Waals surface area contributed by atoms with Crippen LogP contribution in [0.5, 0.6) is 5.75 Å². The van der Waals surface area contributed by atoms with Crippen LogP contribution in [0.2, 0.25) is 0 Å². The van der Waals surface area contributed by atoms with Gasteiger partial charge in [0.1, 0.15) is 18.5 Å². The third-order valence-corrected chi connectivity index (χ3v) is 2.06. The molecule has 0 bridgehead atoms. The molecule has 0 aliphatic rings. The van der Waals surface area contributed by atoms with Crippen LogP contribution in [0.15, 0.2) is 24.3 Å². The van der Waals surface area contributed by atoms with E-state index >= 15 is 0 Å². The number of aliphatic hydroxyl groups is 1. The number of hydrogen-bond acceptors (Lipinski definition) is 3. The van der Waals surface area contributed by atoms with Crippen molar-refractivity contribution in [3.05, 3.63) is 29.8 Å². The van der Waals surface area contributed by atoms with E-state index in [-0.39, 0.29) is 13.2 Å². The molecule has 0 amide bonds. The van der Waals surface area contributed by atoms with E-state index in [1.54, 1.807) is 0 Å². The zero-order valence-electron chi connectivity index (χ0n) is 8.44. The van der Waals surface area contributed by atoms with E-state index < -0.39 is 6.10 Å². The largest absolute Gasteiger partial charge is 0.491 e. The van der Waals surface area contributed by atoms with Crippen molar-refractivity contribution in [3.8, 4) is 5.75 Å². The minimum atomic E-state index is -0.583. The zero-order valence-corrected chi connectivity index (χ0v) is 8.44. The van der Waals surface area contributed by atoms with Gasteiger partial charge in [-0.05, 0) is 18.1 Å². The molecule has 78 valence electrons. The Balaban J connectivity index is 2.57. The molecule has 0 aromatic heterocycles. The summed E-state index contributed by atoms with van der Waals surface area (Å²) in [6.45, 7) is 2.56. The lowest BCUT2D eigenvalue weighted by molar-refractivity contribution is 0.113. The Hall–Kier alpha value is -1.06. The van der Waals surface area contributed by atoms with Crippen molar-refractivity contribution in [1.82, 2.24) is 0 Å². The first-order chi connectivity index (χ1) is 6.77. The first-order valence-electron chi connectivity index (χ1n) is 4.86. The zero-order chi connectivity index (χ0) is 10.4. The predicted molar refractivity (Wildman–Crippen MR) is 56.4 cm³/mol. The van der Waals surface area contributed by atoms with Crippen LogP contribution in [0.3, 0.4) is 0 Å². The van der Waals surface area contributed by atoms with E-state index in [0.29, 0.717) is 0 Å². The lowest BCUT2D eigenvalue weighted by Gasteiger charge is -2.12. The van der Waals surface area contributed by atoms with Crippen LogP contribution in [0.4, 0.5) is 0 Å². The third kappa shape index (κ3) is 3.01. The van der Waals surface area contributed by atoms with E-state index in [0.717, 1.165) is 17.7 Å². The molecular weight excluding hydrogens is 178 g/mol. The van der Waals surface area contributed by atoms with E-state index in [2.05, 4.69) is 6.92 Å². The quantitative estimate of drug-likeness (QED) is 0.735. The van der Waals surface area contributed by atoms with Gasteiger partial charge in [0.05, 0.1) is 0 Å². The van der Waals surface area contributed by atoms with Gasteiger partial charge in [0.2, 0.25) is 0 Å². The summed E-state index contributed by atoms with van der Waals surface area (Å²) in [7, 11) is 0. The summed E-state index contributed by atoms with van der Waals surface area (Å²) in [6, 6.07) is 7.82. The van der Waals surface area contributed by atoms with Gasteiger partial charge in [-0.1, -0.05) is 25.1 Å². The van der Waals surface area contributed by atoms with Gasteiger partial charge < -0.3 is 15.6 Å². The maximum atomic E-state index is 9.23. The number of nitrogens with two attached hydrogens (primary N) is 1. The van der Waals surface area contributed by atoms with Crippen LogP contribution in [0, 0.1) is 0 Å². The summed E-state index contributed by atoms with van der Waals surface area (Å²) >= 11 is 0. The van der Waals surface area contributed by atoms with Crippen molar-refractivity contribution in [3.63, 3.8) is 0 Å². The fraction of sp³-hybridized carbons (Fsp3) is 0.455. The Labute approximate surface area is 84.5 Å². The van der Waals surface area contributed by atoms with Crippen LogP contribution in [-0.4, -0.2) is 24.4 Å². The molecule has 1 aromatic rings. The van der Waals surface area contributed by atoms with Crippen molar-refractivity contribution < 1.29 is 9.84 Å². The molecule has 0 saturated carbocycles. The Kier molecular flexibility index (Phi) is 4.43. The molecule has 3 nitrogen and oxygen atoms in total. The standard InChI is InChI=1S/C11H17NO2/c1-2-9-5-3-4-6-11(9)14-8-10(13)7-12/h3-6,10,13H,2,7-8,12H2,1H3/t10-/m1/s1. The van der Waals surface area contributed by atoms with Crippen molar-refractivity contribution in [2.45, 2.75) is 19.4 Å². The summed E-state index contributed by atoms with van der Waals surface area (Å²) in [6.07, 6.45) is 0.342. The van der Waals surface area contributed by atoms with Crippen LogP contribution < -0.4 is 10.5 Å². The molecule has 0 spiro atoms. The molecule has 3 heteroatoms. The first-order valence-corrected chi connectivity index (χ1v) is 4.86. The van der Waals surface area contributed by atoms with Crippen molar-refractivity contribution in [1.29, 1.82) is 0 Å². The van der Waals surface area contributed by atoms with Crippen LogP contribution in [-0.2, 0) is 6.42 Å². The monoisotopic (exact) mass is 195 g/mol. The SMILES string of the molecule is CCc1ccccc1OC[C@H](O)CN. The van der Waals surface area contributed by atoms with Crippen LogP contribution in [0.1, 0.15) is 12.5 Å². The Morgan fingerprint density at radius 2 is 2.14 bits per heavy atom. The van der Waals surface area contributed by atoms with Gasteiger partial charge in [0.25, 0.3) is 0 Å². The molecule has 0 aliphatic heterocycles. The van der Waals surface area contributed by atoms with Crippen molar-refractivity contribution in [2.24, 2.45) is 5.73 Å². The van der Waals surface area contributed by atoms with Gasteiger partial charge in [-0.2, -0.15) is 0 Å². The van der Waals surface area contributed by atoms with Crippen molar-refractivity contribution >= 4 is 0 Å². The summed E-state index contributed by atoms with van der Waals surface area (Å²) in [5.74, 6) is 0.836. The summed E-state index contributed by atoms with van der Waals surface area (Å²) < 4.78 is 5.45. The Morgan fingerprint density at radius 3 is 2.79 bits per heavy atom. The molecule has 1 rings (SSSR count). The normalized spacial score (nSPS) is 12.5. The number of ether oxygens (including phenoxy) is 1. The van der Waals surface area contributed by atoms with Gasteiger partial charge in [-0.15, -0.1) is 0 Å². The summed E-state index contributed by atoms with van der Waals surface area (Å²) in [5.41, 5.74) is 6.43. The lowest BCUT2D eigenvalue weighted by Crippen LogP contribution is -2.26. The first kappa shape index (κ1) is 11.0. The summed E-state index contributed by atoms with van der Waals surface area (Å²) in [5, 5.41) is 9.23. The third-order valence-electron chi connectivity index (χ3n) is 2.06. The van der Waals surface area contributed by atoms with Gasteiger partial charge in [-0.25, -0.2) is 0 Å². The van der Waals surface area contributed by atoms with Gasteiger partial charge in [0.15, 0.2) is 0 Å². The average molecular weight is 195 g/mol. The number of aryl methyl sites for hydroxylation is 1. The molecule has 0 radical (unpaired) electrons. The second-order valence-corrected chi connectivity index (χ2v) is 3.16. The number of hydrogen-bond donors (Lipinski definition) is 2. The van der Waals surface area contributed by atoms with Gasteiger partial charge in [-0.3, -0.25) is 0 Å². The maximum absolute atomic E-state index is 9.23. The highest BCUT2D eigenvalue weighted by atomic mass is 16.5. The molecular formula is C11H17NO2. The summed E-state index contributed by atoms with van der Waals surface area (Å²) in [4.78, 5) is 0. The molecule has 0 fully saturated rings. The molecule has 14 heavy (non-hydrogen) atoms. The molecule has 0 saturated heterocycles. The molecule has 0 aliphatic carbocycles. The second-order valence-electron chi connectivity index (χ2n) is 3.16. The highest BCUT2D eigenvalue weighted by Crippen LogP contribution is 2.18.